The number of carbonyl (C=O) groups excluding carboxylic acids is 1. The van der Waals surface area contributed by atoms with E-state index in [-0.39, 0.29) is 6.03 Å². The quantitative estimate of drug-likeness (QED) is 0.717. The Morgan fingerprint density at radius 2 is 1.86 bits per heavy atom. The van der Waals surface area contributed by atoms with E-state index in [1.54, 1.807) is 0 Å². The van der Waals surface area contributed by atoms with Crippen LogP contribution in [0.1, 0.15) is 45.4 Å². The maximum Gasteiger partial charge on any atom is 0.329 e. The molecule has 1 aliphatic heterocycles. The normalized spacial score (nSPS) is 30.0. The molecule has 0 bridgehead atoms. The molecule has 0 aromatic rings. The van der Waals surface area contributed by atoms with Crippen molar-refractivity contribution in [3.63, 3.8) is 0 Å². The molecular weight excluding hydrogens is 270 g/mol. The molecule has 1 aliphatic carbocycles. The third-order valence-corrected chi connectivity index (χ3v) is 4.80. The second-order valence-corrected chi connectivity index (χ2v) is 6.50. The van der Waals surface area contributed by atoms with Crippen LogP contribution in [0.4, 0.5) is 4.79 Å². The van der Waals surface area contributed by atoms with E-state index in [0.29, 0.717) is 25.3 Å². The Kier molecular flexibility index (Phi) is 5.45. The van der Waals surface area contributed by atoms with Crippen LogP contribution in [0.15, 0.2) is 0 Å². The molecule has 0 aromatic heterocycles. The van der Waals surface area contributed by atoms with Gasteiger partial charge in [-0.2, -0.15) is 0 Å². The Hall–Kier alpha value is -1.30. The molecule has 2 fully saturated rings. The van der Waals surface area contributed by atoms with Gasteiger partial charge in [-0.05, 0) is 57.5 Å². The molecule has 1 heterocycles. The summed E-state index contributed by atoms with van der Waals surface area (Å²) in [6.07, 6.45) is 5.19. The van der Waals surface area contributed by atoms with E-state index in [1.807, 2.05) is 0 Å². The van der Waals surface area contributed by atoms with Crippen molar-refractivity contribution < 1.29 is 14.7 Å². The highest BCUT2D eigenvalue weighted by molar-refractivity contribution is 5.86. The third kappa shape index (κ3) is 4.33. The van der Waals surface area contributed by atoms with Crippen LogP contribution in [0.3, 0.4) is 0 Å². The number of urea groups is 1. The Bertz CT molecular complexity index is 372. The maximum atomic E-state index is 12.0. The largest absolute Gasteiger partial charge is 0.480 e. The van der Waals surface area contributed by atoms with E-state index in [0.717, 1.165) is 32.5 Å². The molecule has 1 saturated carbocycles. The van der Waals surface area contributed by atoms with Crippen molar-refractivity contribution in [1.82, 2.24) is 15.5 Å². The molecule has 2 amide bonds. The Balaban J connectivity index is 1.77. The van der Waals surface area contributed by atoms with Crippen LogP contribution >= 0.6 is 0 Å². The molecule has 0 aromatic carbocycles. The van der Waals surface area contributed by atoms with Gasteiger partial charge in [0.2, 0.25) is 0 Å². The Labute approximate surface area is 126 Å². The van der Waals surface area contributed by atoms with Crippen molar-refractivity contribution in [3.05, 3.63) is 0 Å². The molecular formula is C15H27N3O3. The maximum absolute atomic E-state index is 12.0. The molecule has 21 heavy (non-hydrogen) atoms. The number of aliphatic carboxylic acids is 1. The summed E-state index contributed by atoms with van der Waals surface area (Å²) < 4.78 is 0. The number of carboxylic acids is 1. The highest BCUT2D eigenvalue weighted by Crippen LogP contribution is 2.32. The number of rotatable bonds is 5. The second kappa shape index (κ2) is 7.11. The van der Waals surface area contributed by atoms with Gasteiger partial charge in [-0.15, -0.1) is 0 Å². The molecule has 2 rings (SSSR count). The van der Waals surface area contributed by atoms with Crippen molar-refractivity contribution in [1.29, 1.82) is 0 Å². The number of amides is 2. The van der Waals surface area contributed by atoms with Crippen molar-refractivity contribution >= 4 is 12.0 Å². The lowest BCUT2D eigenvalue weighted by Gasteiger charge is -2.36. The van der Waals surface area contributed by atoms with E-state index in [4.69, 9.17) is 0 Å². The summed E-state index contributed by atoms with van der Waals surface area (Å²) in [4.78, 5) is 25.8. The fourth-order valence-electron chi connectivity index (χ4n) is 3.24. The third-order valence-electron chi connectivity index (χ3n) is 4.80. The van der Waals surface area contributed by atoms with Gasteiger partial charge in [-0.25, -0.2) is 9.59 Å². The van der Waals surface area contributed by atoms with Crippen molar-refractivity contribution in [2.45, 2.75) is 51.0 Å². The molecule has 0 radical (unpaired) electrons. The first-order valence-electron chi connectivity index (χ1n) is 8.04. The number of nitrogens with one attached hydrogen (secondary N) is 2. The molecule has 0 atom stereocenters. The topological polar surface area (TPSA) is 81.7 Å². The van der Waals surface area contributed by atoms with Gasteiger partial charge in [0.05, 0.1) is 0 Å². The summed E-state index contributed by atoms with van der Waals surface area (Å²) in [6, 6.07) is -0.355. The number of carboxylic acid groups (broad SMARTS) is 1. The smallest absolute Gasteiger partial charge is 0.329 e. The van der Waals surface area contributed by atoms with Crippen LogP contribution in [0.5, 0.6) is 0 Å². The van der Waals surface area contributed by atoms with Gasteiger partial charge in [-0.3, -0.25) is 0 Å². The number of hydrogen-bond donors (Lipinski definition) is 3. The summed E-state index contributed by atoms with van der Waals surface area (Å²) in [5.41, 5.74) is -1.08. The summed E-state index contributed by atoms with van der Waals surface area (Å²) >= 11 is 0. The van der Waals surface area contributed by atoms with Gasteiger partial charge in [0.25, 0.3) is 0 Å². The minimum Gasteiger partial charge on any atom is -0.480 e. The lowest BCUT2D eigenvalue weighted by molar-refractivity contribution is -0.146. The van der Waals surface area contributed by atoms with E-state index in [9.17, 15) is 14.7 Å². The number of carbonyl (C=O) groups is 2. The fourth-order valence-corrected chi connectivity index (χ4v) is 3.24. The predicted molar refractivity (Wildman–Crippen MR) is 80.2 cm³/mol. The number of nitrogens with zero attached hydrogens (tertiary/aromatic N) is 1. The SMILES string of the molecule is CC1CCC(NC(=O)NCCN2CCCC2)(C(=O)O)CC1. The van der Waals surface area contributed by atoms with Gasteiger partial charge in [0, 0.05) is 13.1 Å². The Morgan fingerprint density at radius 3 is 2.43 bits per heavy atom. The molecule has 6 heteroatoms. The first-order valence-corrected chi connectivity index (χ1v) is 8.04. The van der Waals surface area contributed by atoms with Crippen molar-refractivity contribution in [3.8, 4) is 0 Å². The van der Waals surface area contributed by atoms with Gasteiger partial charge < -0.3 is 20.6 Å². The lowest BCUT2D eigenvalue weighted by Crippen LogP contribution is -2.59. The van der Waals surface area contributed by atoms with Crippen LogP contribution in [-0.2, 0) is 4.79 Å². The zero-order chi connectivity index (χ0) is 15.3. The minimum absolute atomic E-state index is 0.355. The van der Waals surface area contributed by atoms with Crippen LogP contribution in [0.2, 0.25) is 0 Å². The summed E-state index contributed by atoms with van der Waals surface area (Å²) in [6.45, 7) is 5.73. The molecule has 0 spiro atoms. The van der Waals surface area contributed by atoms with E-state index < -0.39 is 11.5 Å². The standard InChI is InChI=1S/C15H27N3O3/c1-12-4-6-15(7-5-12,13(19)20)17-14(21)16-8-11-18-9-2-3-10-18/h12H,2-11H2,1H3,(H,19,20)(H2,16,17,21). The van der Waals surface area contributed by atoms with E-state index in [1.165, 1.54) is 12.8 Å². The molecule has 1 saturated heterocycles. The van der Waals surface area contributed by atoms with Crippen LogP contribution in [-0.4, -0.2) is 53.7 Å². The molecule has 3 N–H and O–H groups in total. The van der Waals surface area contributed by atoms with Crippen LogP contribution < -0.4 is 10.6 Å². The first-order chi connectivity index (χ1) is 10.0. The van der Waals surface area contributed by atoms with Gasteiger partial charge in [-0.1, -0.05) is 6.92 Å². The molecule has 120 valence electrons. The summed E-state index contributed by atoms with van der Waals surface area (Å²) in [5, 5.41) is 15.0. The monoisotopic (exact) mass is 297 g/mol. The fraction of sp³-hybridized carbons (Fsp3) is 0.867. The molecule has 2 aliphatic rings. The van der Waals surface area contributed by atoms with Gasteiger partial charge in [0.15, 0.2) is 0 Å². The average molecular weight is 297 g/mol. The molecule has 6 nitrogen and oxygen atoms in total. The summed E-state index contributed by atoms with van der Waals surface area (Å²) in [5.74, 6) is -0.374. The Morgan fingerprint density at radius 1 is 1.24 bits per heavy atom. The zero-order valence-electron chi connectivity index (χ0n) is 12.9. The molecule has 0 unspecified atom stereocenters. The van der Waals surface area contributed by atoms with E-state index in [2.05, 4.69) is 22.5 Å². The minimum atomic E-state index is -1.08. The van der Waals surface area contributed by atoms with Gasteiger partial charge in [0.1, 0.15) is 5.54 Å². The second-order valence-electron chi connectivity index (χ2n) is 6.50. The van der Waals surface area contributed by atoms with Crippen molar-refractivity contribution in [2.75, 3.05) is 26.2 Å². The average Bonchev–Trinajstić information content (AvgIpc) is 2.94. The summed E-state index contributed by atoms with van der Waals surface area (Å²) in [7, 11) is 0. The van der Waals surface area contributed by atoms with Crippen LogP contribution in [0.25, 0.3) is 0 Å². The predicted octanol–water partition coefficient (Wildman–Crippen LogP) is 1.41. The van der Waals surface area contributed by atoms with Gasteiger partial charge >= 0.3 is 12.0 Å². The number of likely N-dealkylation sites (tertiary alicyclic amines) is 1. The highest BCUT2D eigenvalue weighted by atomic mass is 16.4. The van der Waals surface area contributed by atoms with Crippen molar-refractivity contribution in [2.24, 2.45) is 5.92 Å². The van der Waals surface area contributed by atoms with E-state index >= 15 is 0 Å². The van der Waals surface area contributed by atoms with Crippen LogP contribution in [0, 0.1) is 5.92 Å². The zero-order valence-corrected chi connectivity index (χ0v) is 12.9. The number of hydrogen-bond acceptors (Lipinski definition) is 3. The first kappa shape index (κ1) is 16.1. The lowest BCUT2D eigenvalue weighted by atomic mass is 9.77. The highest BCUT2D eigenvalue weighted by Gasteiger charge is 2.42.